The Labute approximate surface area is 159 Å². The molecule has 0 atom stereocenters. The van der Waals surface area contributed by atoms with E-state index in [1.54, 1.807) is 41.2 Å². The summed E-state index contributed by atoms with van der Waals surface area (Å²) >= 11 is 17.3. The number of halogens is 3. The fourth-order valence-corrected chi connectivity index (χ4v) is 2.75. The first kappa shape index (κ1) is 17.7. The molecule has 0 fully saturated rings. The van der Waals surface area contributed by atoms with E-state index >= 15 is 0 Å². The van der Waals surface area contributed by atoms with Crippen molar-refractivity contribution in [2.24, 2.45) is 0 Å². The van der Waals surface area contributed by atoms with Crippen LogP contribution in [0.1, 0.15) is 5.56 Å². The molecule has 3 rings (SSSR count). The minimum Gasteiger partial charge on any atom is -0.331 e. The lowest BCUT2D eigenvalue weighted by atomic mass is 10.2. The smallest absolute Gasteiger partial charge is 0.176 e. The lowest BCUT2D eigenvalue weighted by Crippen LogP contribution is -2.19. The Bertz CT molecular complexity index is 913. The van der Waals surface area contributed by atoms with Gasteiger partial charge < -0.3 is 10.6 Å². The monoisotopic (exact) mass is 394 g/mol. The first-order valence-electron chi connectivity index (χ1n) is 7.30. The average molecular weight is 395 g/mol. The highest BCUT2D eigenvalue weighted by Gasteiger charge is 2.06. The molecule has 0 amide bonds. The fraction of sp³-hybridized carbons (Fsp3) is 0.0588. The lowest BCUT2D eigenvalue weighted by molar-refractivity contribution is 0.619. The molecule has 0 aliphatic rings. The van der Waals surface area contributed by atoms with E-state index in [4.69, 9.17) is 35.4 Å². The van der Waals surface area contributed by atoms with Gasteiger partial charge in [-0.1, -0.05) is 35.3 Å². The second-order valence-electron chi connectivity index (χ2n) is 5.23. The SMILES string of the molecule is Fc1cccc(Cn2ccc(NC(=S)Nc3cc(Cl)ccc3Cl)n2)c1. The molecule has 0 radical (unpaired) electrons. The highest BCUT2D eigenvalue weighted by atomic mass is 35.5. The Balaban J connectivity index is 1.62. The maximum Gasteiger partial charge on any atom is 0.176 e. The van der Waals surface area contributed by atoms with Crippen molar-refractivity contribution in [1.29, 1.82) is 0 Å². The number of aromatic nitrogens is 2. The van der Waals surface area contributed by atoms with E-state index in [0.29, 0.717) is 33.2 Å². The van der Waals surface area contributed by atoms with E-state index in [2.05, 4.69) is 15.7 Å². The summed E-state index contributed by atoms with van der Waals surface area (Å²) in [6.07, 6.45) is 1.78. The van der Waals surface area contributed by atoms with Crippen molar-refractivity contribution in [3.8, 4) is 0 Å². The summed E-state index contributed by atoms with van der Waals surface area (Å²) in [6, 6.07) is 13.2. The number of nitrogens with zero attached hydrogens (tertiary/aromatic N) is 2. The topological polar surface area (TPSA) is 41.9 Å². The molecule has 8 heteroatoms. The van der Waals surface area contributed by atoms with E-state index in [0.717, 1.165) is 5.56 Å². The van der Waals surface area contributed by atoms with Crippen LogP contribution in [0.2, 0.25) is 10.0 Å². The van der Waals surface area contributed by atoms with Gasteiger partial charge in [0.05, 0.1) is 17.3 Å². The fourth-order valence-electron chi connectivity index (χ4n) is 2.20. The number of nitrogens with one attached hydrogen (secondary N) is 2. The predicted molar refractivity (Wildman–Crippen MR) is 104 cm³/mol. The van der Waals surface area contributed by atoms with Crippen LogP contribution in [-0.4, -0.2) is 14.9 Å². The molecule has 3 aromatic rings. The molecule has 0 aliphatic heterocycles. The minimum absolute atomic E-state index is 0.271. The maximum absolute atomic E-state index is 13.2. The van der Waals surface area contributed by atoms with Crippen molar-refractivity contribution in [2.75, 3.05) is 10.6 Å². The van der Waals surface area contributed by atoms with E-state index in [1.165, 1.54) is 12.1 Å². The summed E-state index contributed by atoms with van der Waals surface area (Å²) in [4.78, 5) is 0. The van der Waals surface area contributed by atoms with Crippen LogP contribution in [0.25, 0.3) is 0 Å². The largest absolute Gasteiger partial charge is 0.331 e. The molecule has 0 saturated heterocycles. The zero-order valence-electron chi connectivity index (χ0n) is 12.8. The van der Waals surface area contributed by atoms with Crippen LogP contribution in [0.3, 0.4) is 0 Å². The maximum atomic E-state index is 13.2. The molecule has 0 unspecified atom stereocenters. The van der Waals surface area contributed by atoms with Crippen molar-refractivity contribution >= 4 is 52.0 Å². The highest BCUT2D eigenvalue weighted by molar-refractivity contribution is 7.80. The van der Waals surface area contributed by atoms with Crippen LogP contribution >= 0.6 is 35.4 Å². The molecule has 1 aromatic heterocycles. The van der Waals surface area contributed by atoms with Gasteiger partial charge >= 0.3 is 0 Å². The molecule has 128 valence electrons. The Morgan fingerprint density at radius 1 is 1.12 bits per heavy atom. The van der Waals surface area contributed by atoms with Crippen molar-refractivity contribution in [3.05, 3.63) is 76.2 Å². The third-order valence-corrected chi connectivity index (χ3v) is 4.06. The molecule has 4 nitrogen and oxygen atoms in total. The molecule has 2 aromatic carbocycles. The Kier molecular flexibility index (Phi) is 5.53. The van der Waals surface area contributed by atoms with Gasteiger partial charge in [0.1, 0.15) is 5.82 Å². The van der Waals surface area contributed by atoms with Crippen molar-refractivity contribution in [2.45, 2.75) is 6.54 Å². The third kappa shape index (κ3) is 4.92. The van der Waals surface area contributed by atoms with Gasteiger partial charge in [-0.25, -0.2) is 4.39 Å². The van der Waals surface area contributed by atoms with Crippen LogP contribution in [0.5, 0.6) is 0 Å². The second-order valence-corrected chi connectivity index (χ2v) is 6.48. The Hall–Kier alpha value is -2.15. The zero-order valence-corrected chi connectivity index (χ0v) is 15.2. The van der Waals surface area contributed by atoms with Crippen LogP contribution in [0.4, 0.5) is 15.9 Å². The van der Waals surface area contributed by atoms with Gasteiger partial charge in [-0.05, 0) is 48.1 Å². The quantitative estimate of drug-likeness (QED) is 0.597. The second kappa shape index (κ2) is 7.82. The van der Waals surface area contributed by atoms with Gasteiger partial charge in [0, 0.05) is 17.3 Å². The van der Waals surface area contributed by atoms with E-state index in [9.17, 15) is 4.39 Å². The molecule has 2 N–H and O–H groups in total. The van der Waals surface area contributed by atoms with Gasteiger partial charge in [-0.3, -0.25) is 4.68 Å². The normalized spacial score (nSPS) is 10.5. The predicted octanol–water partition coefficient (Wildman–Crippen LogP) is 5.19. The summed E-state index contributed by atoms with van der Waals surface area (Å²) in [5, 5.41) is 11.7. The van der Waals surface area contributed by atoms with Gasteiger partial charge in [-0.15, -0.1) is 0 Å². The molecule has 1 heterocycles. The van der Waals surface area contributed by atoms with Crippen LogP contribution in [-0.2, 0) is 6.54 Å². The number of hydrogen-bond acceptors (Lipinski definition) is 2. The van der Waals surface area contributed by atoms with E-state index < -0.39 is 0 Å². The standard InChI is InChI=1S/C17H13Cl2FN4S/c18-12-4-5-14(19)15(9-12)21-17(25)22-16-6-7-24(23-16)10-11-2-1-3-13(20)8-11/h1-9H,10H2,(H2,21,22,23,25). The lowest BCUT2D eigenvalue weighted by Gasteiger charge is -2.10. The van der Waals surface area contributed by atoms with Gasteiger partial charge in [0.15, 0.2) is 10.9 Å². The van der Waals surface area contributed by atoms with E-state index in [-0.39, 0.29) is 5.82 Å². The summed E-state index contributed by atoms with van der Waals surface area (Å²) in [6.45, 7) is 0.458. The number of rotatable bonds is 4. The van der Waals surface area contributed by atoms with Crippen molar-refractivity contribution < 1.29 is 4.39 Å². The molecule has 0 aliphatic carbocycles. The Morgan fingerprint density at radius 2 is 1.96 bits per heavy atom. The first-order valence-corrected chi connectivity index (χ1v) is 8.47. The van der Waals surface area contributed by atoms with Gasteiger partial charge in [-0.2, -0.15) is 5.10 Å². The average Bonchev–Trinajstić information content (AvgIpc) is 2.97. The minimum atomic E-state index is -0.271. The van der Waals surface area contributed by atoms with Crippen molar-refractivity contribution in [3.63, 3.8) is 0 Å². The number of thiocarbonyl (C=S) groups is 1. The highest BCUT2D eigenvalue weighted by Crippen LogP contribution is 2.25. The number of anilines is 2. The van der Waals surface area contributed by atoms with Crippen LogP contribution < -0.4 is 10.6 Å². The number of hydrogen-bond donors (Lipinski definition) is 2. The van der Waals surface area contributed by atoms with E-state index in [1.807, 2.05) is 6.07 Å². The molecule has 25 heavy (non-hydrogen) atoms. The van der Waals surface area contributed by atoms with Crippen LogP contribution in [0, 0.1) is 5.82 Å². The molecular weight excluding hydrogens is 382 g/mol. The number of benzene rings is 2. The molecule has 0 spiro atoms. The summed E-state index contributed by atoms with van der Waals surface area (Å²) in [5.74, 6) is 0.291. The summed E-state index contributed by atoms with van der Waals surface area (Å²) < 4.78 is 14.9. The van der Waals surface area contributed by atoms with Gasteiger partial charge in [0.25, 0.3) is 0 Å². The van der Waals surface area contributed by atoms with Crippen LogP contribution in [0.15, 0.2) is 54.7 Å². The third-order valence-electron chi connectivity index (χ3n) is 3.29. The molecular formula is C17H13Cl2FN4S. The Morgan fingerprint density at radius 3 is 2.76 bits per heavy atom. The first-order chi connectivity index (χ1) is 12.0. The zero-order chi connectivity index (χ0) is 17.8. The van der Waals surface area contributed by atoms with Gasteiger partial charge in [0.2, 0.25) is 0 Å². The molecule has 0 bridgehead atoms. The summed E-state index contributed by atoms with van der Waals surface area (Å²) in [5.41, 5.74) is 1.42. The van der Waals surface area contributed by atoms with Crippen molar-refractivity contribution in [1.82, 2.24) is 9.78 Å². The summed E-state index contributed by atoms with van der Waals surface area (Å²) in [7, 11) is 0. The molecule has 0 saturated carbocycles.